The van der Waals surface area contributed by atoms with Gasteiger partial charge in [0.15, 0.2) is 0 Å². The maximum absolute atomic E-state index is 12.4. The Morgan fingerprint density at radius 1 is 1.32 bits per heavy atom. The summed E-state index contributed by atoms with van der Waals surface area (Å²) in [6.07, 6.45) is 5.21. The second-order valence-corrected chi connectivity index (χ2v) is 8.19. The first-order valence-electron chi connectivity index (χ1n) is 6.52. The van der Waals surface area contributed by atoms with Gasteiger partial charge < -0.3 is 5.73 Å². The van der Waals surface area contributed by atoms with Gasteiger partial charge in [0.05, 0.1) is 0 Å². The fourth-order valence-electron chi connectivity index (χ4n) is 2.56. The topological polar surface area (TPSA) is 89.2 Å². The number of anilines is 1. The van der Waals surface area contributed by atoms with Crippen LogP contribution in [0.25, 0.3) is 0 Å². The molecule has 1 fully saturated rings. The van der Waals surface area contributed by atoms with Crippen LogP contribution in [0, 0.1) is 5.92 Å². The minimum atomic E-state index is -3.54. The van der Waals surface area contributed by atoms with Crippen molar-refractivity contribution in [3.05, 3.63) is 0 Å². The van der Waals surface area contributed by atoms with Gasteiger partial charge in [-0.15, -0.1) is 10.2 Å². The Labute approximate surface area is 118 Å². The van der Waals surface area contributed by atoms with Crippen LogP contribution in [0.4, 0.5) is 5.13 Å². The van der Waals surface area contributed by atoms with Gasteiger partial charge in [-0.3, -0.25) is 0 Å². The van der Waals surface area contributed by atoms with Gasteiger partial charge in [-0.25, -0.2) is 8.42 Å². The first kappa shape index (κ1) is 14.7. The van der Waals surface area contributed by atoms with Crippen LogP contribution in [-0.4, -0.2) is 36.0 Å². The monoisotopic (exact) mass is 304 g/mol. The summed E-state index contributed by atoms with van der Waals surface area (Å²) in [6.45, 7) is 2.19. The van der Waals surface area contributed by atoms with Gasteiger partial charge in [0.25, 0.3) is 10.0 Å². The van der Waals surface area contributed by atoms with E-state index in [1.165, 1.54) is 10.7 Å². The van der Waals surface area contributed by atoms with Gasteiger partial charge in [-0.2, -0.15) is 4.31 Å². The lowest BCUT2D eigenvalue weighted by atomic mass is 9.85. The van der Waals surface area contributed by atoms with E-state index in [1.54, 1.807) is 7.05 Å². The molecule has 1 aliphatic carbocycles. The van der Waals surface area contributed by atoms with Crippen LogP contribution in [0.3, 0.4) is 0 Å². The molecule has 0 aromatic carbocycles. The lowest BCUT2D eigenvalue weighted by molar-refractivity contribution is 0.233. The van der Waals surface area contributed by atoms with E-state index < -0.39 is 10.0 Å². The first-order chi connectivity index (χ1) is 8.95. The van der Waals surface area contributed by atoms with E-state index in [0.717, 1.165) is 42.9 Å². The average molecular weight is 304 g/mol. The van der Waals surface area contributed by atoms with Gasteiger partial charge in [0.1, 0.15) is 0 Å². The summed E-state index contributed by atoms with van der Waals surface area (Å²) in [6, 6.07) is 0.0675. The zero-order valence-corrected chi connectivity index (χ0v) is 12.9. The Morgan fingerprint density at radius 3 is 2.42 bits per heavy atom. The molecule has 0 atom stereocenters. The number of nitrogens with zero attached hydrogens (tertiary/aromatic N) is 3. The van der Waals surface area contributed by atoms with Crippen molar-refractivity contribution in [1.82, 2.24) is 14.5 Å². The number of nitrogen functional groups attached to an aromatic ring is 1. The molecule has 1 aliphatic rings. The zero-order valence-electron chi connectivity index (χ0n) is 11.2. The summed E-state index contributed by atoms with van der Waals surface area (Å²) in [5, 5.41) is 7.41. The minimum Gasteiger partial charge on any atom is -0.374 e. The van der Waals surface area contributed by atoms with E-state index in [2.05, 4.69) is 17.1 Å². The molecule has 1 heterocycles. The summed E-state index contributed by atoms with van der Waals surface area (Å²) >= 11 is 0.918. The fourth-order valence-corrected chi connectivity index (χ4v) is 4.93. The highest BCUT2D eigenvalue weighted by Gasteiger charge is 2.33. The zero-order chi connectivity index (χ0) is 14.0. The van der Waals surface area contributed by atoms with Crippen molar-refractivity contribution in [2.24, 2.45) is 5.92 Å². The molecule has 0 unspecified atom stereocenters. The Bertz CT molecular complexity index is 521. The molecule has 0 amide bonds. The maximum atomic E-state index is 12.4. The van der Waals surface area contributed by atoms with Crippen LogP contribution in [0.5, 0.6) is 0 Å². The largest absolute Gasteiger partial charge is 0.374 e. The van der Waals surface area contributed by atoms with Crippen LogP contribution in [0.1, 0.15) is 39.0 Å². The Morgan fingerprint density at radius 2 is 1.95 bits per heavy atom. The van der Waals surface area contributed by atoms with Crippen molar-refractivity contribution in [1.29, 1.82) is 0 Å². The first-order valence-corrected chi connectivity index (χ1v) is 8.77. The van der Waals surface area contributed by atoms with Crippen LogP contribution in [0.2, 0.25) is 0 Å². The molecule has 1 aromatic heterocycles. The molecule has 0 radical (unpaired) electrons. The quantitative estimate of drug-likeness (QED) is 0.914. The molecule has 2 N–H and O–H groups in total. The van der Waals surface area contributed by atoms with Crippen molar-refractivity contribution in [2.75, 3.05) is 12.8 Å². The molecule has 8 heteroatoms. The molecule has 19 heavy (non-hydrogen) atoms. The van der Waals surface area contributed by atoms with Crippen molar-refractivity contribution < 1.29 is 8.42 Å². The summed E-state index contributed by atoms with van der Waals surface area (Å²) in [5.74, 6) is 0.740. The number of nitrogens with two attached hydrogens (primary N) is 1. The fraction of sp³-hybridized carbons (Fsp3) is 0.818. The molecular formula is C11H20N4O2S2. The normalized spacial score (nSPS) is 24.8. The van der Waals surface area contributed by atoms with E-state index in [0.29, 0.717) is 0 Å². The molecule has 0 bridgehead atoms. The highest BCUT2D eigenvalue weighted by Crippen LogP contribution is 2.32. The van der Waals surface area contributed by atoms with E-state index in [4.69, 9.17) is 5.73 Å². The summed E-state index contributed by atoms with van der Waals surface area (Å²) in [7, 11) is -1.91. The molecule has 0 aliphatic heterocycles. The molecule has 1 saturated carbocycles. The third-order valence-electron chi connectivity index (χ3n) is 3.93. The van der Waals surface area contributed by atoms with E-state index in [-0.39, 0.29) is 15.5 Å². The van der Waals surface area contributed by atoms with E-state index in [1.807, 2.05) is 0 Å². The van der Waals surface area contributed by atoms with Crippen molar-refractivity contribution in [3.8, 4) is 0 Å². The van der Waals surface area contributed by atoms with Gasteiger partial charge >= 0.3 is 0 Å². The second-order valence-electron chi connectivity index (χ2n) is 5.01. The highest BCUT2D eigenvalue weighted by molar-refractivity contribution is 7.91. The lowest BCUT2D eigenvalue weighted by Crippen LogP contribution is -2.39. The van der Waals surface area contributed by atoms with Crippen LogP contribution in [-0.2, 0) is 10.0 Å². The summed E-state index contributed by atoms with van der Waals surface area (Å²) in [5.41, 5.74) is 5.45. The molecular weight excluding hydrogens is 284 g/mol. The van der Waals surface area contributed by atoms with Gasteiger partial charge in [-0.1, -0.05) is 24.7 Å². The summed E-state index contributed by atoms with van der Waals surface area (Å²) in [4.78, 5) is 0. The molecule has 1 aromatic rings. The van der Waals surface area contributed by atoms with E-state index in [9.17, 15) is 8.42 Å². The molecule has 0 saturated heterocycles. The van der Waals surface area contributed by atoms with Gasteiger partial charge in [0, 0.05) is 13.1 Å². The number of rotatable bonds is 4. The molecule has 2 rings (SSSR count). The molecule has 108 valence electrons. The second kappa shape index (κ2) is 5.72. The minimum absolute atomic E-state index is 0.00915. The third kappa shape index (κ3) is 3.06. The maximum Gasteiger partial charge on any atom is 0.272 e. The van der Waals surface area contributed by atoms with Crippen LogP contribution < -0.4 is 5.73 Å². The Balaban J connectivity index is 2.09. The van der Waals surface area contributed by atoms with Crippen molar-refractivity contribution in [3.63, 3.8) is 0 Å². The van der Waals surface area contributed by atoms with Crippen molar-refractivity contribution >= 4 is 26.5 Å². The predicted octanol–water partition coefficient (Wildman–Crippen LogP) is 1.71. The average Bonchev–Trinajstić information content (AvgIpc) is 2.85. The molecule has 6 nitrogen and oxygen atoms in total. The Kier molecular flexibility index (Phi) is 4.42. The lowest BCUT2D eigenvalue weighted by Gasteiger charge is -2.33. The highest BCUT2D eigenvalue weighted by atomic mass is 32.2. The van der Waals surface area contributed by atoms with Gasteiger partial charge in [-0.05, 0) is 31.6 Å². The smallest absolute Gasteiger partial charge is 0.272 e. The standard InChI is InChI=1S/C11H20N4O2S2/c1-3-8-4-6-9(7-5-8)15(2)19(16,17)11-14-13-10(12)18-11/h8-9H,3-7H2,1-2H3,(H2,12,13). The Hall–Kier alpha value is -0.730. The van der Waals surface area contributed by atoms with Crippen LogP contribution in [0.15, 0.2) is 4.34 Å². The van der Waals surface area contributed by atoms with Crippen LogP contribution >= 0.6 is 11.3 Å². The number of hydrogen-bond donors (Lipinski definition) is 1. The SMILES string of the molecule is CCC1CCC(N(C)S(=O)(=O)c2nnc(N)s2)CC1. The molecule has 0 spiro atoms. The summed E-state index contributed by atoms with van der Waals surface area (Å²) < 4.78 is 26.2. The number of sulfonamides is 1. The van der Waals surface area contributed by atoms with Gasteiger partial charge in [0.2, 0.25) is 9.47 Å². The predicted molar refractivity (Wildman–Crippen MR) is 75.3 cm³/mol. The van der Waals surface area contributed by atoms with Crippen molar-refractivity contribution in [2.45, 2.75) is 49.4 Å². The third-order valence-corrected chi connectivity index (χ3v) is 6.94. The van der Waals surface area contributed by atoms with E-state index >= 15 is 0 Å². The number of hydrogen-bond acceptors (Lipinski definition) is 6. The number of aromatic nitrogens is 2.